The Hall–Kier alpha value is -1.55. The third-order valence-electron chi connectivity index (χ3n) is 3.84. The van der Waals surface area contributed by atoms with E-state index >= 15 is 0 Å². The summed E-state index contributed by atoms with van der Waals surface area (Å²) >= 11 is 0. The van der Waals surface area contributed by atoms with Gasteiger partial charge in [0.15, 0.2) is 0 Å². The Balaban J connectivity index is 1.65. The maximum absolute atomic E-state index is 12.1. The summed E-state index contributed by atoms with van der Waals surface area (Å²) in [6.07, 6.45) is 2.11. The first kappa shape index (κ1) is 11.5. The fourth-order valence-corrected chi connectivity index (χ4v) is 2.71. The zero-order valence-electron chi connectivity index (χ0n) is 10.6. The average Bonchev–Trinajstić information content (AvgIpc) is 2.67. The lowest BCUT2D eigenvalue weighted by Gasteiger charge is -2.27. The lowest BCUT2D eigenvalue weighted by atomic mass is 10.0. The Morgan fingerprint density at radius 1 is 1.28 bits per heavy atom. The van der Waals surface area contributed by atoms with Crippen LogP contribution in [0.25, 0.3) is 0 Å². The number of hydrogen-bond acceptors (Lipinski definition) is 2. The second-order valence-electron chi connectivity index (χ2n) is 5.10. The molecule has 3 rings (SSSR count). The van der Waals surface area contributed by atoms with Gasteiger partial charge >= 0.3 is 6.03 Å². The molecular weight excluding hydrogens is 228 g/mol. The molecule has 4 nitrogen and oxygen atoms in total. The molecule has 1 aromatic carbocycles. The van der Waals surface area contributed by atoms with E-state index in [1.54, 1.807) is 5.06 Å². The monoisotopic (exact) mass is 246 g/mol. The lowest BCUT2D eigenvalue weighted by Crippen LogP contribution is -2.37. The van der Waals surface area contributed by atoms with Crippen molar-refractivity contribution in [3.63, 3.8) is 0 Å². The van der Waals surface area contributed by atoms with Crippen molar-refractivity contribution in [3.05, 3.63) is 35.9 Å². The number of carbonyl (C=O) groups is 1. The van der Waals surface area contributed by atoms with E-state index in [1.807, 2.05) is 35.2 Å². The van der Waals surface area contributed by atoms with Crippen molar-refractivity contribution < 1.29 is 9.63 Å². The number of urea groups is 1. The summed E-state index contributed by atoms with van der Waals surface area (Å²) in [5.41, 5.74) is 1.09. The van der Waals surface area contributed by atoms with Crippen molar-refractivity contribution in [2.24, 2.45) is 0 Å². The SMILES string of the molecule is C[C@@H]1CC[C@H]2CN1C(=O)N2OCc1ccccc1. The molecule has 2 aliphatic heterocycles. The van der Waals surface area contributed by atoms with Crippen LogP contribution in [0.1, 0.15) is 25.3 Å². The molecule has 96 valence electrons. The van der Waals surface area contributed by atoms with Gasteiger partial charge in [-0.15, -0.1) is 0 Å². The van der Waals surface area contributed by atoms with Gasteiger partial charge in [0.1, 0.15) is 6.61 Å². The summed E-state index contributed by atoms with van der Waals surface area (Å²) < 4.78 is 0. The standard InChI is InChI=1S/C14H18N2O2/c1-11-7-8-13-9-15(11)14(17)16(13)18-10-12-5-3-2-4-6-12/h2-6,11,13H,7-10H2,1H3/t11-,13+/m1/s1. The topological polar surface area (TPSA) is 32.8 Å². The Bertz CT molecular complexity index is 435. The Kier molecular flexibility index (Phi) is 2.96. The summed E-state index contributed by atoms with van der Waals surface area (Å²) in [7, 11) is 0. The van der Waals surface area contributed by atoms with Crippen LogP contribution < -0.4 is 0 Å². The van der Waals surface area contributed by atoms with E-state index in [1.165, 1.54) is 0 Å². The molecule has 0 spiro atoms. The zero-order valence-corrected chi connectivity index (χ0v) is 10.6. The fourth-order valence-electron chi connectivity index (χ4n) is 2.71. The molecule has 0 aliphatic carbocycles. The quantitative estimate of drug-likeness (QED) is 0.820. The van der Waals surface area contributed by atoms with Gasteiger partial charge in [-0.25, -0.2) is 4.79 Å². The molecule has 0 radical (unpaired) electrons. The largest absolute Gasteiger partial charge is 0.344 e. The molecule has 2 fully saturated rings. The molecule has 2 amide bonds. The summed E-state index contributed by atoms with van der Waals surface area (Å²) in [4.78, 5) is 19.8. The second kappa shape index (κ2) is 4.61. The van der Waals surface area contributed by atoms with Gasteiger partial charge in [0, 0.05) is 12.6 Å². The van der Waals surface area contributed by atoms with Crippen LogP contribution in [-0.4, -0.2) is 34.6 Å². The minimum atomic E-state index is 0.0286. The van der Waals surface area contributed by atoms with Crippen LogP contribution >= 0.6 is 0 Å². The van der Waals surface area contributed by atoms with Crippen molar-refractivity contribution in [1.82, 2.24) is 9.96 Å². The lowest BCUT2D eigenvalue weighted by molar-refractivity contribution is -0.140. The van der Waals surface area contributed by atoms with Crippen LogP contribution in [0.5, 0.6) is 0 Å². The molecule has 18 heavy (non-hydrogen) atoms. The van der Waals surface area contributed by atoms with Crippen LogP contribution in [-0.2, 0) is 11.4 Å². The number of benzene rings is 1. The molecule has 0 aromatic heterocycles. The minimum absolute atomic E-state index is 0.0286. The highest BCUT2D eigenvalue weighted by molar-refractivity contribution is 5.76. The molecule has 2 heterocycles. The van der Waals surface area contributed by atoms with E-state index in [4.69, 9.17) is 4.84 Å². The Morgan fingerprint density at radius 2 is 2.06 bits per heavy atom. The number of piperidine rings is 1. The molecule has 4 heteroatoms. The van der Waals surface area contributed by atoms with Gasteiger partial charge in [0.25, 0.3) is 0 Å². The normalized spacial score (nSPS) is 26.8. The van der Waals surface area contributed by atoms with Gasteiger partial charge in [-0.1, -0.05) is 30.3 Å². The second-order valence-corrected chi connectivity index (χ2v) is 5.10. The van der Waals surface area contributed by atoms with Crippen LogP contribution in [0.4, 0.5) is 4.79 Å². The first-order valence-corrected chi connectivity index (χ1v) is 6.52. The van der Waals surface area contributed by atoms with Gasteiger partial charge < -0.3 is 4.90 Å². The van der Waals surface area contributed by atoms with Crippen LogP contribution in [0, 0.1) is 0 Å². The highest BCUT2D eigenvalue weighted by Crippen LogP contribution is 2.29. The molecule has 2 bridgehead atoms. The Labute approximate surface area is 107 Å². The zero-order chi connectivity index (χ0) is 12.5. The number of nitrogens with zero attached hydrogens (tertiary/aromatic N) is 2. The third kappa shape index (κ3) is 1.97. The third-order valence-corrected chi connectivity index (χ3v) is 3.84. The maximum Gasteiger partial charge on any atom is 0.344 e. The molecule has 2 saturated heterocycles. The van der Waals surface area contributed by atoms with Gasteiger partial charge in [-0.3, -0.25) is 4.84 Å². The molecule has 0 saturated carbocycles. The number of amides is 2. The smallest absolute Gasteiger partial charge is 0.318 e. The first-order chi connectivity index (χ1) is 8.75. The molecule has 0 N–H and O–H groups in total. The van der Waals surface area contributed by atoms with E-state index in [2.05, 4.69) is 6.92 Å². The van der Waals surface area contributed by atoms with Gasteiger partial charge in [0.2, 0.25) is 0 Å². The summed E-state index contributed by atoms with van der Waals surface area (Å²) in [5, 5.41) is 1.58. The molecule has 1 aromatic rings. The van der Waals surface area contributed by atoms with Crippen LogP contribution in [0.15, 0.2) is 30.3 Å². The first-order valence-electron chi connectivity index (χ1n) is 6.52. The van der Waals surface area contributed by atoms with E-state index in [-0.39, 0.29) is 12.1 Å². The molecule has 2 aliphatic rings. The van der Waals surface area contributed by atoms with E-state index in [0.29, 0.717) is 12.6 Å². The highest BCUT2D eigenvalue weighted by Gasteiger charge is 2.43. The fraction of sp³-hybridized carbons (Fsp3) is 0.500. The van der Waals surface area contributed by atoms with Crippen molar-refractivity contribution in [2.45, 2.75) is 38.5 Å². The number of hydroxylamine groups is 2. The Morgan fingerprint density at radius 3 is 2.78 bits per heavy atom. The van der Waals surface area contributed by atoms with E-state index < -0.39 is 0 Å². The molecule has 0 unspecified atom stereocenters. The van der Waals surface area contributed by atoms with Crippen molar-refractivity contribution >= 4 is 6.03 Å². The predicted molar refractivity (Wildman–Crippen MR) is 67.7 cm³/mol. The average molecular weight is 246 g/mol. The molecule has 2 atom stereocenters. The van der Waals surface area contributed by atoms with Crippen molar-refractivity contribution in [3.8, 4) is 0 Å². The van der Waals surface area contributed by atoms with Gasteiger partial charge in [-0.05, 0) is 25.3 Å². The molecular formula is C14H18N2O2. The number of rotatable bonds is 3. The van der Waals surface area contributed by atoms with Crippen molar-refractivity contribution in [1.29, 1.82) is 0 Å². The van der Waals surface area contributed by atoms with E-state index in [0.717, 1.165) is 24.9 Å². The maximum atomic E-state index is 12.1. The summed E-state index contributed by atoms with van der Waals surface area (Å²) in [6.45, 7) is 3.38. The minimum Gasteiger partial charge on any atom is -0.318 e. The predicted octanol–water partition coefficient (Wildman–Crippen LogP) is 2.41. The number of hydrogen-bond donors (Lipinski definition) is 0. The summed E-state index contributed by atoms with van der Waals surface area (Å²) in [6, 6.07) is 10.6. The van der Waals surface area contributed by atoms with Crippen molar-refractivity contribution in [2.75, 3.05) is 6.54 Å². The number of carbonyl (C=O) groups excluding carboxylic acids is 1. The van der Waals surface area contributed by atoms with E-state index in [9.17, 15) is 4.79 Å². The van der Waals surface area contributed by atoms with Crippen LogP contribution in [0.2, 0.25) is 0 Å². The summed E-state index contributed by atoms with van der Waals surface area (Å²) in [5.74, 6) is 0. The highest BCUT2D eigenvalue weighted by atomic mass is 16.7. The number of fused-ring (bicyclic) bond motifs is 2. The van der Waals surface area contributed by atoms with Gasteiger partial charge in [0.05, 0.1) is 6.04 Å². The van der Waals surface area contributed by atoms with Gasteiger partial charge in [-0.2, -0.15) is 5.06 Å². The van der Waals surface area contributed by atoms with Crippen LogP contribution in [0.3, 0.4) is 0 Å².